The first kappa shape index (κ1) is 14.7. The molecule has 1 aromatic carbocycles. The van der Waals surface area contributed by atoms with E-state index in [1.807, 2.05) is 12.1 Å². The highest BCUT2D eigenvalue weighted by Crippen LogP contribution is 2.24. The average molecular weight is 299 g/mol. The zero-order valence-electron chi connectivity index (χ0n) is 11.9. The summed E-state index contributed by atoms with van der Waals surface area (Å²) < 4.78 is 37.2. The monoisotopic (exact) mass is 299 g/mol. The Morgan fingerprint density at radius 2 is 1.81 bits per heavy atom. The molecule has 0 saturated carbocycles. The van der Waals surface area contributed by atoms with Crippen LogP contribution in [0.4, 0.5) is 18.9 Å². The number of fused-ring (bicyclic) bond motifs is 1. The number of halogens is 3. The van der Waals surface area contributed by atoms with Gasteiger partial charge in [-0.05, 0) is 18.1 Å². The van der Waals surface area contributed by atoms with E-state index in [1.165, 1.54) is 16.2 Å². The van der Waals surface area contributed by atoms with Gasteiger partial charge in [0, 0.05) is 44.5 Å². The largest absolute Gasteiger partial charge is 0.401 e. The Bertz CT molecular complexity index is 481. The van der Waals surface area contributed by atoms with Crippen LogP contribution in [0.25, 0.3) is 0 Å². The van der Waals surface area contributed by atoms with Gasteiger partial charge >= 0.3 is 6.18 Å². The van der Waals surface area contributed by atoms with E-state index in [9.17, 15) is 13.2 Å². The SMILES string of the molecule is FC(F)(F)CN1CCN(C2CNc3ccccc3C2)CC1. The Labute approximate surface area is 122 Å². The number of nitrogens with zero attached hydrogens (tertiary/aromatic N) is 2. The van der Waals surface area contributed by atoms with Crippen LogP contribution < -0.4 is 5.32 Å². The lowest BCUT2D eigenvalue weighted by molar-refractivity contribution is -0.149. The molecule has 3 rings (SSSR count). The number of benzene rings is 1. The predicted octanol–water partition coefficient (Wildman–Crippen LogP) is 2.20. The molecule has 2 aliphatic rings. The van der Waals surface area contributed by atoms with Gasteiger partial charge in [-0.25, -0.2) is 0 Å². The third-order valence-electron chi connectivity index (χ3n) is 4.33. The van der Waals surface area contributed by atoms with E-state index in [-0.39, 0.29) is 0 Å². The zero-order chi connectivity index (χ0) is 14.9. The number of nitrogens with one attached hydrogen (secondary N) is 1. The smallest absolute Gasteiger partial charge is 0.383 e. The molecule has 1 fully saturated rings. The molecule has 1 unspecified atom stereocenters. The number of hydrogen-bond donors (Lipinski definition) is 1. The van der Waals surface area contributed by atoms with E-state index < -0.39 is 12.7 Å². The van der Waals surface area contributed by atoms with Crippen molar-refractivity contribution in [2.45, 2.75) is 18.6 Å². The number of piperazine rings is 1. The number of rotatable bonds is 2. The molecule has 6 heteroatoms. The van der Waals surface area contributed by atoms with Crippen molar-refractivity contribution in [3.63, 3.8) is 0 Å². The Morgan fingerprint density at radius 3 is 2.52 bits per heavy atom. The average Bonchev–Trinajstić information content (AvgIpc) is 2.46. The van der Waals surface area contributed by atoms with E-state index in [2.05, 4.69) is 22.3 Å². The Balaban J connectivity index is 1.54. The fraction of sp³-hybridized carbons (Fsp3) is 0.600. The molecular weight excluding hydrogens is 279 g/mol. The summed E-state index contributed by atoms with van der Waals surface area (Å²) in [6.45, 7) is 2.51. The third-order valence-corrected chi connectivity index (χ3v) is 4.33. The first-order valence-corrected chi connectivity index (χ1v) is 7.36. The van der Waals surface area contributed by atoms with Crippen LogP contribution in [-0.2, 0) is 6.42 Å². The summed E-state index contributed by atoms with van der Waals surface area (Å²) >= 11 is 0. The summed E-state index contributed by atoms with van der Waals surface area (Å²) in [6.07, 6.45) is -3.12. The second kappa shape index (κ2) is 5.85. The van der Waals surface area contributed by atoms with E-state index in [1.54, 1.807) is 0 Å². The number of anilines is 1. The van der Waals surface area contributed by atoms with E-state index >= 15 is 0 Å². The van der Waals surface area contributed by atoms with Crippen molar-refractivity contribution >= 4 is 5.69 Å². The van der Waals surface area contributed by atoms with Crippen LogP contribution in [0.1, 0.15) is 5.56 Å². The van der Waals surface area contributed by atoms with Crippen LogP contribution in [0.2, 0.25) is 0 Å². The maximum atomic E-state index is 12.4. The molecule has 116 valence electrons. The minimum Gasteiger partial charge on any atom is -0.383 e. The third kappa shape index (κ3) is 3.68. The van der Waals surface area contributed by atoms with Crippen LogP contribution in [-0.4, -0.2) is 61.3 Å². The summed E-state index contributed by atoms with van der Waals surface area (Å²) in [5.41, 5.74) is 2.48. The van der Waals surface area contributed by atoms with Gasteiger partial charge in [0.25, 0.3) is 0 Å². The second-order valence-corrected chi connectivity index (χ2v) is 5.82. The van der Waals surface area contributed by atoms with Gasteiger partial charge in [0.05, 0.1) is 6.54 Å². The molecule has 2 aliphatic heterocycles. The van der Waals surface area contributed by atoms with Crippen molar-refractivity contribution in [3.05, 3.63) is 29.8 Å². The highest BCUT2D eigenvalue weighted by Gasteiger charge is 2.33. The molecule has 1 atom stereocenters. The van der Waals surface area contributed by atoms with Crippen molar-refractivity contribution in [3.8, 4) is 0 Å². The van der Waals surface area contributed by atoms with Gasteiger partial charge in [0.1, 0.15) is 0 Å². The molecule has 21 heavy (non-hydrogen) atoms. The maximum absolute atomic E-state index is 12.4. The van der Waals surface area contributed by atoms with Crippen LogP contribution in [0.5, 0.6) is 0 Å². The maximum Gasteiger partial charge on any atom is 0.401 e. The van der Waals surface area contributed by atoms with E-state index in [0.717, 1.165) is 13.0 Å². The summed E-state index contributed by atoms with van der Waals surface area (Å²) in [7, 11) is 0. The molecule has 0 amide bonds. The number of hydrogen-bond acceptors (Lipinski definition) is 3. The molecule has 0 radical (unpaired) electrons. The molecule has 1 N–H and O–H groups in total. The first-order valence-electron chi connectivity index (χ1n) is 7.36. The van der Waals surface area contributed by atoms with Crippen LogP contribution in [0.3, 0.4) is 0 Å². The van der Waals surface area contributed by atoms with E-state index in [4.69, 9.17) is 0 Å². The molecule has 0 bridgehead atoms. The predicted molar refractivity (Wildman–Crippen MR) is 76.5 cm³/mol. The van der Waals surface area contributed by atoms with Gasteiger partial charge in [-0.2, -0.15) is 13.2 Å². The second-order valence-electron chi connectivity index (χ2n) is 5.82. The molecule has 0 aromatic heterocycles. The Kier molecular flexibility index (Phi) is 4.08. The van der Waals surface area contributed by atoms with Crippen LogP contribution in [0, 0.1) is 0 Å². The molecule has 0 aliphatic carbocycles. The van der Waals surface area contributed by atoms with Crippen molar-refractivity contribution in [2.24, 2.45) is 0 Å². The van der Waals surface area contributed by atoms with Gasteiger partial charge in [-0.3, -0.25) is 9.80 Å². The quantitative estimate of drug-likeness (QED) is 0.903. The highest BCUT2D eigenvalue weighted by atomic mass is 19.4. The summed E-state index contributed by atoms with van der Waals surface area (Å²) in [4.78, 5) is 3.82. The highest BCUT2D eigenvalue weighted by molar-refractivity contribution is 5.53. The van der Waals surface area contributed by atoms with Crippen molar-refractivity contribution in [1.29, 1.82) is 0 Å². The molecule has 2 heterocycles. The molecule has 0 spiro atoms. The summed E-state index contributed by atoms with van der Waals surface area (Å²) in [6, 6.07) is 8.63. The lowest BCUT2D eigenvalue weighted by Gasteiger charge is -2.41. The molecule has 1 saturated heterocycles. The summed E-state index contributed by atoms with van der Waals surface area (Å²) in [5.74, 6) is 0. The van der Waals surface area contributed by atoms with Crippen LogP contribution in [0.15, 0.2) is 24.3 Å². The minimum atomic E-state index is -4.09. The number of para-hydroxylation sites is 1. The lowest BCUT2D eigenvalue weighted by Crippen LogP contribution is -2.54. The zero-order valence-corrected chi connectivity index (χ0v) is 11.9. The lowest BCUT2D eigenvalue weighted by atomic mass is 9.98. The fourth-order valence-corrected chi connectivity index (χ4v) is 3.22. The summed E-state index contributed by atoms with van der Waals surface area (Å²) in [5, 5.41) is 3.42. The van der Waals surface area contributed by atoms with Gasteiger partial charge in [-0.1, -0.05) is 18.2 Å². The topological polar surface area (TPSA) is 18.5 Å². The van der Waals surface area contributed by atoms with Crippen molar-refractivity contribution < 1.29 is 13.2 Å². The minimum absolute atomic E-state index is 0.382. The Hall–Kier alpha value is -1.27. The van der Waals surface area contributed by atoms with E-state index in [0.29, 0.717) is 32.2 Å². The first-order chi connectivity index (χ1) is 10.0. The molecular formula is C15H20F3N3. The van der Waals surface area contributed by atoms with Gasteiger partial charge in [0.2, 0.25) is 0 Å². The van der Waals surface area contributed by atoms with Gasteiger partial charge < -0.3 is 5.32 Å². The van der Waals surface area contributed by atoms with Gasteiger partial charge in [-0.15, -0.1) is 0 Å². The van der Waals surface area contributed by atoms with Crippen LogP contribution >= 0.6 is 0 Å². The molecule has 3 nitrogen and oxygen atoms in total. The van der Waals surface area contributed by atoms with Crippen molar-refractivity contribution in [1.82, 2.24) is 9.80 Å². The molecule has 1 aromatic rings. The fourth-order valence-electron chi connectivity index (χ4n) is 3.22. The normalized spacial score (nSPS) is 24.4. The Morgan fingerprint density at radius 1 is 1.10 bits per heavy atom. The van der Waals surface area contributed by atoms with Crippen molar-refractivity contribution in [2.75, 3.05) is 44.6 Å². The number of alkyl halides is 3. The van der Waals surface area contributed by atoms with Gasteiger partial charge in [0.15, 0.2) is 0 Å². The standard InChI is InChI=1S/C15H20F3N3/c16-15(17,18)11-20-5-7-21(8-6-20)13-9-12-3-1-2-4-14(12)19-10-13/h1-4,13,19H,5-11H2.